The number of methoxy groups -OCH3 is 2. The predicted octanol–water partition coefficient (Wildman–Crippen LogP) is 4.90. The molecule has 0 saturated heterocycles. The van der Waals surface area contributed by atoms with E-state index >= 15 is 0 Å². The Morgan fingerprint density at radius 2 is 1.95 bits per heavy atom. The van der Waals surface area contributed by atoms with Gasteiger partial charge in [0.1, 0.15) is 11.5 Å². The molecule has 1 aromatic heterocycles. The fourth-order valence-corrected chi connectivity index (χ4v) is 3.72. The zero-order chi connectivity index (χ0) is 13.8. The lowest BCUT2D eigenvalue weighted by Crippen LogP contribution is -2.00. The molecule has 1 N–H and O–H groups in total. The summed E-state index contributed by atoms with van der Waals surface area (Å²) in [6.45, 7) is 0.748. The van der Waals surface area contributed by atoms with Crippen molar-refractivity contribution in [3.8, 4) is 11.5 Å². The van der Waals surface area contributed by atoms with E-state index in [4.69, 9.17) is 9.47 Å². The van der Waals surface area contributed by atoms with Crippen LogP contribution in [0.5, 0.6) is 11.5 Å². The Kier molecular flexibility index (Phi) is 5.13. The van der Waals surface area contributed by atoms with Crippen molar-refractivity contribution >= 4 is 48.9 Å². The van der Waals surface area contributed by atoms with E-state index in [2.05, 4.69) is 43.2 Å². The fourth-order valence-electron chi connectivity index (χ4n) is 1.61. The molecule has 0 bridgehead atoms. The molecule has 0 atom stereocenters. The number of hydrogen-bond donors (Lipinski definition) is 1. The van der Waals surface area contributed by atoms with Gasteiger partial charge >= 0.3 is 0 Å². The third kappa shape index (κ3) is 3.64. The van der Waals surface area contributed by atoms with Gasteiger partial charge < -0.3 is 14.8 Å². The number of benzene rings is 1. The first-order chi connectivity index (χ1) is 9.13. The van der Waals surface area contributed by atoms with E-state index in [0.29, 0.717) is 0 Å². The van der Waals surface area contributed by atoms with Crippen LogP contribution in [0.2, 0.25) is 0 Å². The van der Waals surface area contributed by atoms with E-state index in [1.807, 2.05) is 18.2 Å². The van der Waals surface area contributed by atoms with Crippen LogP contribution < -0.4 is 14.8 Å². The number of ether oxygens (including phenoxy) is 2. The van der Waals surface area contributed by atoms with Crippen LogP contribution in [0, 0.1) is 0 Å². The van der Waals surface area contributed by atoms with Crippen molar-refractivity contribution in [2.45, 2.75) is 6.54 Å². The molecule has 0 amide bonds. The van der Waals surface area contributed by atoms with Crippen LogP contribution in [0.4, 0.5) is 5.69 Å². The van der Waals surface area contributed by atoms with E-state index in [1.54, 1.807) is 25.6 Å². The second kappa shape index (κ2) is 6.63. The lowest BCUT2D eigenvalue weighted by molar-refractivity contribution is 0.395. The molecule has 0 radical (unpaired) electrons. The normalized spacial score (nSPS) is 10.3. The van der Waals surface area contributed by atoms with E-state index in [0.717, 1.165) is 32.0 Å². The molecule has 19 heavy (non-hydrogen) atoms. The van der Waals surface area contributed by atoms with Crippen LogP contribution in [-0.4, -0.2) is 14.2 Å². The SMILES string of the molecule is COc1ccc(NCc2cc(Br)c(Br)s2)c(OC)c1. The van der Waals surface area contributed by atoms with E-state index < -0.39 is 0 Å². The molecule has 0 aliphatic carbocycles. The number of thiophene rings is 1. The maximum atomic E-state index is 5.35. The minimum atomic E-state index is 0.748. The summed E-state index contributed by atoms with van der Waals surface area (Å²) in [6, 6.07) is 7.82. The summed E-state index contributed by atoms with van der Waals surface area (Å²) in [5, 5.41) is 3.36. The number of anilines is 1. The summed E-state index contributed by atoms with van der Waals surface area (Å²) in [4.78, 5) is 1.23. The zero-order valence-corrected chi connectivity index (χ0v) is 14.5. The molecule has 3 nitrogen and oxygen atoms in total. The number of hydrogen-bond acceptors (Lipinski definition) is 4. The number of halogens is 2. The first-order valence-electron chi connectivity index (χ1n) is 5.53. The molecule has 0 aliphatic heterocycles. The van der Waals surface area contributed by atoms with E-state index in [9.17, 15) is 0 Å². The molecule has 1 heterocycles. The topological polar surface area (TPSA) is 30.5 Å². The van der Waals surface area contributed by atoms with Crippen molar-refractivity contribution in [1.82, 2.24) is 0 Å². The molecule has 2 rings (SSSR count). The second-order valence-electron chi connectivity index (χ2n) is 3.75. The minimum Gasteiger partial charge on any atom is -0.497 e. The quantitative estimate of drug-likeness (QED) is 0.765. The van der Waals surface area contributed by atoms with Crippen molar-refractivity contribution in [1.29, 1.82) is 0 Å². The van der Waals surface area contributed by atoms with Crippen LogP contribution in [-0.2, 0) is 6.54 Å². The fraction of sp³-hybridized carbons (Fsp3) is 0.231. The van der Waals surface area contributed by atoms with Gasteiger partial charge in [-0.2, -0.15) is 0 Å². The summed E-state index contributed by atoms with van der Waals surface area (Å²) >= 11 is 8.67. The van der Waals surface area contributed by atoms with Gasteiger partial charge in [0.15, 0.2) is 0 Å². The van der Waals surface area contributed by atoms with Gasteiger partial charge in [0.25, 0.3) is 0 Å². The van der Waals surface area contributed by atoms with E-state index in [-0.39, 0.29) is 0 Å². The monoisotopic (exact) mass is 405 g/mol. The molecular weight excluding hydrogens is 394 g/mol. The maximum absolute atomic E-state index is 5.35. The summed E-state index contributed by atoms with van der Waals surface area (Å²) < 4.78 is 12.7. The molecule has 1 aromatic carbocycles. The standard InChI is InChI=1S/C13H13Br2NO2S/c1-17-8-3-4-11(12(5-8)18-2)16-7-9-6-10(14)13(15)19-9/h3-6,16H,7H2,1-2H3. The molecular formula is C13H13Br2NO2S. The van der Waals surface area contributed by atoms with Crippen LogP contribution in [0.3, 0.4) is 0 Å². The highest BCUT2D eigenvalue weighted by Gasteiger charge is 2.07. The van der Waals surface area contributed by atoms with Gasteiger partial charge in [-0.1, -0.05) is 0 Å². The van der Waals surface area contributed by atoms with Crippen LogP contribution in [0.1, 0.15) is 4.88 Å². The Hall–Kier alpha value is -0.720. The first-order valence-corrected chi connectivity index (χ1v) is 7.94. The molecule has 0 spiro atoms. The molecule has 0 aliphatic rings. The molecule has 0 fully saturated rings. The number of rotatable bonds is 5. The van der Waals surface area contributed by atoms with Crippen molar-refractivity contribution in [3.05, 3.63) is 37.4 Å². The van der Waals surface area contributed by atoms with Crippen molar-refractivity contribution in [2.24, 2.45) is 0 Å². The predicted molar refractivity (Wildman–Crippen MR) is 86.6 cm³/mol. The van der Waals surface area contributed by atoms with Gasteiger partial charge in [0.05, 0.1) is 23.7 Å². The highest BCUT2D eigenvalue weighted by Crippen LogP contribution is 2.34. The van der Waals surface area contributed by atoms with Gasteiger partial charge in [0, 0.05) is 22.0 Å². The summed E-state index contributed by atoms with van der Waals surface area (Å²) in [5.41, 5.74) is 0.948. The molecule has 0 unspecified atom stereocenters. The van der Waals surface area contributed by atoms with Gasteiger partial charge in [-0.05, 0) is 50.1 Å². The average Bonchev–Trinajstić information content (AvgIpc) is 2.75. The van der Waals surface area contributed by atoms with Gasteiger partial charge in [-0.3, -0.25) is 0 Å². The summed E-state index contributed by atoms with van der Waals surface area (Å²) in [5.74, 6) is 1.55. The third-order valence-corrected chi connectivity index (χ3v) is 5.81. The lowest BCUT2D eigenvalue weighted by atomic mass is 10.2. The lowest BCUT2D eigenvalue weighted by Gasteiger charge is -2.11. The molecule has 2 aromatic rings. The molecule has 6 heteroatoms. The maximum Gasteiger partial charge on any atom is 0.145 e. The highest BCUT2D eigenvalue weighted by molar-refractivity contribution is 9.13. The van der Waals surface area contributed by atoms with Crippen molar-refractivity contribution < 1.29 is 9.47 Å². The third-order valence-electron chi connectivity index (χ3n) is 2.56. The smallest absolute Gasteiger partial charge is 0.145 e. The first kappa shape index (κ1) is 14.7. The average molecular weight is 407 g/mol. The van der Waals surface area contributed by atoms with Gasteiger partial charge in [-0.15, -0.1) is 11.3 Å². The van der Waals surface area contributed by atoms with E-state index in [1.165, 1.54) is 4.88 Å². The molecule has 0 saturated carbocycles. The van der Waals surface area contributed by atoms with Crippen LogP contribution in [0.25, 0.3) is 0 Å². The summed E-state index contributed by atoms with van der Waals surface area (Å²) in [6.07, 6.45) is 0. The van der Waals surface area contributed by atoms with Crippen LogP contribution in [0.15, 0.2) is 32.5 Å². The Balaban J connectivity index is 2.10. The van der Waals surface area contributed by atoms with Gasteiger partial charge in [0.2, 0.25) is 0 Å². The van der Waals surface area contributed by atoms with Crippen molar-refractivity contribution in [2.75, 3.05) is 19.5 Å². The Morgan fingerprint density at radius 3 is 2.53 bits per heavy atom. The Bertz CT molecular complexity index is 552. The second-order valence-corrected chi connectivity index (χ2v) is 7.06. The van der Waals surface area contributed by atoms with Gasteiger partial charge in [-0.25, -0.2) is 0 Å². The molecule has 102 valence electrons. The Morgan fingerprint density at radius 1 is 1.16 bits per heavy atom. The van der Waals surface area contributed by atoms with Crippen molar-refractivity contribution in [3.63, 3.8) is 0 Å². The number of nitrogens with one attached hydrogen (secondary N) is 1. The largest absolute Gasteiger partial charge is 0.497 e. The highest BCUT2D eigenvalue weighted by atomic mass is 79.9. The Labute approximate surface area is 133 Å². The summed E-state index contributed by atoms with van der Waals surface area (Å²) in [7, 11) is 3.29. The zero-order valence-electron chi connectivity index (χ0n) is 10.5. The van der Waals surface area contributed by atoms with Crippen LogP contribution >= 0.6 is 43.2 Å². The minimum absolute atomic E-state index is 0.748.